The molecule has 0 saturated carbocycles. The van der Waals surface area contributed by atoms with Crippen LogP contribution in [-0.2, 0) is 10.8 Å². The van der Waals surface area contributed by atoms with Crippen molar-refractivity contribution in [3.05, 3.63) is 35.0 Å². The molecule has 4 nitrogen and oxygen atoms in total. The molecule has 2 aromatic rings. The lowest BCUT2D eigenvalue weighted by molar-refractivity contribution is 0.0934. The first-order chi connectivity index (χ1) is 10.0. The first-order valence-corrected chi connectivity index (χ1v) is 8.78. The lowest BCUT2D eigenvalue weighted by Gasteiger charge is -2.22. The van der Waals surface area contributed by atoms with Crippen LogP contribution in [0.25, 0.3) is 10.9 Å². The highest BCUT2D eigenvalue weighted by atomic mass is 32.2. The van der Waals surface area contributed by atoms with Crippen molar-refractivity contribution >= 4 is 27.6 Å². The first-order valence-electron chi connectivity index (χ1n) is 7.29. The van der Waals surface area contributed by atoms with Crippen molar-refractivity contribution in [2.45, 2.75) is 32.7 Å². The summed E-state index contributed by atoms with van der Waals surface area (Å²) in [6.07, 6.45) is 1.62. The van der Waals surface area contributed by atoms with Crippen LogP contribution in [0, 0.1) is 13.8 Å². The molecule has 0 radical (unpaired) electrons. The van der Waals surface area contributed by atoms with Crippen LogP contribution in [0.4, 0.5) is 0 Å². The maximum atomic E-state index is 12.4. The Kier molecular flexibility index (Phi) is 3.85. The van der Waals surface area contributed by atoms with Crippen LogP contribution < -0.4 is 5.32 Å². The average Bonchev–Trinajstić information content (AvgIpc) is 2.76. The van der Waals surface area contributed by atoms with Crippen molar-refractivity contribution in [1.82, 2.24) is 10.3 Å². The van der Waals surface area contributed by atoms with Gasteiger partial charge in [0, 0.05) is 50.5 Å². The van der Waals surface area contributed by atoms with Crippen molar-refractivity contribution in [1.29, 1.82) is 0 Å². The predicted octanol–water partition coefficient (Wildman–Crippen LogP) is 2.43. The Morgan fingerprint density at radius 2 is 2.00 bits per heavy atom. The van der Waals surface area contributed by atoms with Gasteiger partial charge in [-0.15, -0.1) is 0 Å². The van der Waals surface area contributed by atoms with E-state index in [0.29, 0.717) is 17.1 Å². The number of carbonyl (C=O) groups excluding carboxylic acids is 1. The van der Waals surface area contributed by atoms with Gasteiger partial charge in [0.05, 0.1) is 0 Å². The molecule has 2 heterocycles. The molecule has 0 atom stereocenters. The highest BCUT2D eigenvalue weighted by molar-refractivity contribution is 7.85. The Hall–Kier alpha value is -1.62. The van der Waals surface area contributed by atoms with Gasteiger partial charge in [0.25, 0.3) is 5.91 Å². The summed E-state index contributed by atoms with van der Waals surface area (Å²) in [6.45, 7) is 4.10. The number of aromatic amines is 1. The third-order valence-electron chi connectivity index (χ3n) is 4.29. The van der Waals surface area contributed by atoms with Crippen molar-refractivity contribution < 1.29 is 9.00 Å². The normalized spacial score (nSPS) is 22.4. The monoisotopic (exact) mass is 304 g/mol. The van der Waals surface area contributed by atoms with E-state index in [0.717, 1.165) is 29.4 Å². The van der Waals surface area contributed by atoms with E-state index in [4.69, 9.17) is 0 Å². The fourth-order valence-electron chi connectivity index (χ4n) is 2.81. The molecule has 1 saturated heterocycles. The lowest BCUT2D eigenvalue weighted by Crippen LogP contribution is -2.39. The highest BCUT2D eigenvalue weighted by Crippen LogP contribution is 2.22. The number of hydrogen-bond donors (Lipinski definition) is 2. The van der Waals surface area contributed by atoms with E-state index in [2.05, 4.69) is 17.2 Å². The van der Waals surface area contributed by atoms with Crippen LogP contribution >= 0.6 is 0 Å². The van der Waals surface area contributed by atoms with Gasteiger partial charge in [-0.25, -0.2) is 0 Å². The van der Waals surface area contributed by atoms with E-state index in [1.807, 2.05) is 25.1 Å². The largest absolute Gasteiger partial charge is 0.358 e. The van der Waals surface area contributed by atoms with Gasteiger partial charge in [-0.1, -0.05) is 0 Å². The Morgan fingerprint density at radius 1 is 1.29 bits per heavy atom. The molecule has 0 unspecified atom stereocenters. The number of fused-ring (bicyclic) bond motifs is 1. The molecule has 1 amide bonds. The zero-order chi connectivity index (χ0) is 15.0. The van der Waals surface area contributed by atoms with Crippen LogP contribution in [-0.4, -0.2) is 32.6 Å². The summed E-state index contributed by atoms with van der Waals surface area (Å²) >= 11 is 0. The van der Waals surface area contributed by atoms with Gasteiger partial charge in [-0.3, -0.25) is 9.00 Å². The molecule has 1 aliphatic rings. The highest BCUT2D eigenvalue weighted by Gasteiger charge is 2.20. The number of nitrogens with one attached hydrogen (secondary N) is 2. The minimum Gasteiger partial charge on any atom is -0.358 e. The van der Waals surface area contributed by atoms with Gasteiger partial charge in [-0.2, -0.15) is 0 Å². The lowest BCUT2D eigenvalue weighted by atomic mass is 10.1. The van der Waals surface area contributed by atoms with Gasteiger partial charge < -0.3 is 10.3 Å². The minimum atomic E-state index is -0.695. The van der Waals surface area contributed by atoms with Gasteiger partial charge in [0.1, 0.15) is 0 Å². The van der Waals surface area contributed by atoms with Gasteiger partial charge in [0.15, 0.2) is 0 Å². The maximum Gasteiger partial charge on any atom is 0.251 e. The fourth-order valence-corrected chi connectivity index (χ4v) is 4.11. The Morgan fingerprint density at radius 3 is 2.71 bits per heavy atom. The van der Waals surface area contributed by atoms with E-state index < -0.39 is 10.8 Å². The van der Waals surface area contributed by atoms with Crippen LogP contribution in [0.5, 0.6) is 0 Å². The first kappa shape index (κ1) is 14.3. The maximum absolute atomic E-state index is 12.4. The number of aryl methyl sites for hydroxylation is 2. The van der Waals surface area contributed by atoms with Gasteiger partial charge >= 0.3 is 0 Å². The summed E-state index contributed by atoms with van der Waals surface area (Å²) in [6, 6.07) is 5.92. The summed E-state index contributed by atoms with van der Waals surface area (Å²) in [5.41, 5.74) is 4.08. The zero-order valence-electron chi connectivity index (χ0n) is 12.4. The average molecular weight is 304 g/mol. The fraction of sp³-hybridized carbons (Fsp3) is 0.438. The topological polar surface area (TPSA) is 62.0 Å². The third-order valence-corrected chi connectivity index (χ3v) is 5.68. The van der Waals surface area contributed by atoms with E-state index in [9.17, 15) is 9.00 Å². The second-order valence-corrected chi connectivity index (χ2v) is 7.43. The second kappa shape index (κ2) is 5.64. The predicted molar refractivity (Wildman–Crippen MR) is 86.1 cm³/mol. The molecule has 5 heteroatoms. The molecule has 1 aromatic carbocycles. The number of carbonyl (C=O) groups is 1. The third kappa shape index (κ3) is 2.88. The molecule has 2 N–H and O–H groups in total. The SMILES string of the molecule is Cc1[nH]c2ccc(C(=O)NC3CCS(=O)CC3)cc2c1C. The Bertz CT molecular complexity index is 710. The molecule has 0 spiro atoms. The van der Waals surface area contributed by atoms with Crippen molar-refractivity contribution in [2.24, 2.45) is 0 Å². The van der Waals surface area contributed by atoms with E-state index in [1.165, 1.54) is 5.56 Å². The molecule has 3 rings (SSSR count). The number of aromatic nitrogens is 1. The summed E-state index contributed by atoms with van der Waals surface area (Å²) in [7, 11) is -0.695. The van der Waals surface area contributed by atoms with E-state index in [1.54, 1.807) is 0 Å². The minimum absolute atomic E-state index is 0.0344. The number of rotatable bonds is 2. The molecular formula is C16H20N2O2S. The Labute approximate surface area is 126 Å². The standard InChI is InChI=1S/C16H20N2O2S/c1-10-11(2)17-15-4-3-12(9-14(10)15)16(19)18-13-5-7-21(20)8-6-13/h3-4,9,13,17H,5-8H2,1-2H3,(H,18,19). The number of H-pyrrole nitrogens is 1. The van der Waals surface area contributed by atoms with E-state index in [-0.39, 0.29) is 11.9 Å². The molecule has 1 aromatic heterocycles. The van der Waals surface area contributed by atoms with Crippen LogP contribution in [0.15, 0.2) is 18.2 Å². The molecule has 1 fully saturated rings. The van der Waals surface area contributed by atoms with Crippen LogP contribution in [0.2, 0.25) is 0 Å². The van der Waals surface area contributed by atoms with Crippen LogP contribution in [0.1, 0.15) is 34.5 Å². The summed E-state index contributed by atoms with van der Waals surface area (Å²) in [4.78, 5) is 15.7. The molecule has 0 aliphatic carbocycles. The summed E-state index contributed by atoms with van der Waals surface area (Å²) in [5, 5.41) is 4.16. The molecule has 1 aliphatic heterocycles. The molecule has 112 valence electrons. The molecule has 21 heavy (non-hydrogen) atoms. The number of benzene rings is 1. The van der Waals surface area contributed by atoms with Gasteiger partial charge in [-0.05, 0) is 50.5 Å². The van der Waals surface area contributed by atoms with Gasteiger partial charge in [0.2, 0.25) is 0 Å². The summed E-state index contributed by atoms with van der Waals surface area (Å²) < 4.78 is 11.3. The smallest absolute Gasteiger partial charge is 0.251 e. The van der Waals surface area contributed by atoms with Crippen molar-refractivity contribution in [3.8, 4) is 0 Å². The quantitative estimate of drug-likeness (QED) is 0.895. The Balaban J connectivity index is 1.78. The van der Waals surface area contributed by atoms with E-state index >= 15 is 0 Å². The van der Waals surface area contributed by atoms with Crippen LogP contribution in [0.3, 0.4) is 0 Å². The molecular weight excluding hydrogens is 284 g/mol. The number of amides is 1. The second-order valence-electron chi connectivity index (χ2n) is 5.73. The van der Waals surface area contributed by atoms with Crippen molar-refractivity contribution in [2.75, 3.05) is 11.5 Å². The molecule has 0 bridgehead atoms. The summed E-state index contributed by atoms with van der Waals surface area (Å²) in [5.74, 6) is 1.35. The van der Waals surface area contributed by atoms with Crippen molar-refractivity contribution in [3.63, 3.8) is 0 Å². The zero-order valence-corrected chi connectivity index (χ0v) is 13.2. The number of hydrogen-bond acceptors (Lipinski definition) is 2.